The van der Waals surface area contributed by atoms with Crippen molar-refractivity contribution in [2.75, 3.05) is 26.4 Å². The van der Waals surface area contributed by atoms with Crippen LogP contribution in [-0.2, 0) is 23.7 Å². The molecule has 4 aliphatic rings. The van der Waals surface area contributed by atoms with Gasteiger partial charge in [0.15, 0.2) is 0 Å². The number of hydrogen-bond acceptors (Lipinski definition) is 5. The van der Waals surface area contributed by atoms with Crippen LogP contribution in [0.5, 0.6) is 0 Å². The lowest BCUT2D eigenvalue weighted by Crippen LogP contribution is -2.00. The highest BCUT2D eigenvalue weighted by Gasteiger charge is 2.32. The summed E-state index contributed by atoms with van der Waals surface area (Å²) in [6.45, 7) is 3.12. The number of ether oxygens (including phenoxy) is 5. The fraction of sp³-hybridized carbons (Fsp3) is 0.714. The highest BCUT2D eigenvalue weighted by Crippen LogP contribution is 2.34. The first-order valence-corrected chi connectivity index (χ1v) is 6.99. The van der Waals surface area contributed by atoms with Gasteiger partial charge in [0.05, 0.1) is 38.6 Å². The third-order valence-corrected chi connectivity index (χ3v) is 3.79. The zero-order valence-electron chi connectivity index (χ0n) is 10.9. The quantitative estimate of drug-likeness (QED) is 0.687. The van der Waals surface area contributed by atoms with Crippen molar-refractivity contribution < 1.29 is 23.7 Å². The molecule has 2 saturated heterocycles. The van der Waals surface area contributed by atoms with Gasteiger partial charge in [0.2, 0.25) is 0 Å². The van der Waals surface area contributed by atoms with Crippen LogP contribution < -0.4 is 0 Å². The molecule has 0 saturated carbocycles. The summed E-state index contributed by atoms with van der Waals surface area (Å²) in [4.78, 5) is 0. The van der Waals surface area contributed by atoms with Crippen molar-refractivity contribution in [3.8, 4) is 0 Å². The van der Waals surface area contributed by atoms with Crippen LogP contribution in [0.25, 0.3) is 0 Å². The second kappa shape index (κ2) is 4.72. The van der Waals surface area contributed by atoms with E-state index < -0.39 is 0 Å². The van der Waals surface area contributed by atoms with Gasteiger partial charge in [-0.05, 0) is 0 Å². The molecule has 0 aromatic heterocycles. The van der Waals surface area contributed by atoms with Gasteiger partial charge in [-0.1, -0.05) is 0 Å². The van der Waals surface area contributed by atoms with Gasteiger partial charge >= 0.3 is 0 Å². The van der Waals surface area contributed by atoms with E-state index in [0.29, 0.717) is 37.3 Å². The first kappa shape index (κ1) is 11.6. The Labute approximate surface area is 112 Å². The molecule has 0 aromatic rings. The van der Waals surface area contributed by atoms with Gasteiger partial charge in [0.1, 0.15) is 0 Å². The van der Waals surface area contributed by atoms with E-state index in [2.05, 4.69) is 0 Å². The predicted octanol–water partition coefficient (Wildman–Crippen LogP) is 1.84. The van der Waals surface area contributed by atoms with E-state index in [9.17, 15) is 0 Å². The van der Waals surface area contributed by atoms with Crippen molar-refractivity contribution in [3.05, 3.63) is 23.0 Å². The molecule has 4 rings (SSSR count). The number of rotatable bonds is 6. The molecule has 104 valence electrons. The molecule has 2 unspecified atom stereocenters. The van der Waals surface area contributed by atoms with E-state index in [1.54, 1.807) is 0 Å². The fourth-order valence-electron chi connectivity index (χ4n) is 2.52. The second-order valence-electron chi connectivity index (χ2n) is 5.40. The van der Waals surface area contributed by atoms with Gasteiger partial charge in [-0.25, -0.2) is 0 Å². The highest BCUT2D eigenvalue weighted by molar-refractivity contribution is 5.16. The maximum Gasteiger partial charge on any atom is 0.286 e. The molecule has 5 nitrogen and oxygen atoms in total. The Morgan fingerprint density at radius 3 is 1.74 bits per heavy atom. The summed E-state index contributed by atoms with van der Waals surface area (Å²) in [5.41, 5.74) is 2.43. The lowest BCUT2D eigenvalue weighted by atomic mass is 10.1. The van der Waals surface area contributed by atoms with Crippen LogP contribution in [0.15, 0.2) is 23.0 Å². The summed E-state index contributed by atoms with van der Waals surface area (Å²) in [5, 5.41) is 0. The lowest BCUT2D eigenvalue weighted by molar-refractivity contribution is 0.0148. The van der Waals surface area contributed by atoms with Crippen molar-refractivity contribution in [1.29, 1.82) is 0 Å². The maximum absolute atomic E-state index is 5.86. The van der Waals surface area contributed by atoms with Crippen LogP contribution in [0.1, 0.15) is 25.7 Å². The third kappa shape index (κ3) is 2.72. The standard InChI is InChI=1S/C14H18O5/c1-3-15-13(9(1)5-11-7-17-11)19-14-10(2-4-16-14)6-12-8-18-12/h11-12H,1-8H2. The molecular formula is C14H18O5. The van der Waals surface area contributed by atoms with Crippen molar-refractivity contribution in [2.24, 2.45) is 0 Å². The zero-order valence-corrected chi connectivity index (χ0v) is 10.9. The van der Waals surface area contributed by atoms with E-state index >= 15 is 0 Å². The minimum atomic E-state index is 0.369. The Morgan fingerprint density at radius 2 is 1.32 bits per heavy atom. The highest BCUT2D eigenvalue weighted by atomic mass is 16.7. The van der Waals surface area contributed by atoms with Crippen molar-refractivity contribution in [1.82, 2.24) is 0 Å². The van der Waals surface area contributed by atoms with Gasteiger partial charge in [0.25, 0.3) is 11.9 Å². The van der Waals surface area contributed by atoms with Crippen molar-refractivity contribution in [3.63, 3.8) is 0 Å². The molecular weight excluding hydrogens is 248 g/mol. The fourth-order valence-corrected chi connectivity index (χ4v) is 2.52. The molecule has 0 bridgehead atoms. The third-order valence-electron chi connectivity index (χ3n) is 3.79. The van der Waals surface area contributed by atoms with Gasteiger partial charge < -0.3 is 23.7 Å². The largest absolute Gasteiger partial charge is 0.465 e. The minimum absolute atomic E-state index is 0.369. The Bertz CT molecular complexity index is 391. The SMILES string of the molecule is C1CC(CC2CO2)=C(OC2=C(CC3CO3)CCO2)O1. The van der Waals surface area contributed by atoms with E-state index in [4.69, 9.17) is 23.7 Å². The van der Waals surface area contributed by atoms with Gasteiger partial charge in [-0.15, -0.1) is 0 Å². The molecule has 2 fully saturated rings. The topological polar surface area (TPSA) is 52.8 Å². The van der Waals surface area contributed by atoms with E-state index in [1.807, 2.05) is 0 Å². The number of hydrogen-bond donors (Lipinski definition) is 0. The Balaban J connectivity index is 1.45. The summed E-state index contributed by atoms with van der Waals surface area (Å²) in [6.07, 6.45) is 4.45. The average molecular weight is 266 g/mol. The molecule has 0 radical (unpaired) electrons. The minimum Gasteiger partial charge on any atom is -0.465 e. The van der Waals surface area contributed by atoms with Crippen LogP contribution in [0.2, 0.25) is 0 Å². The van der Waals surface area contributed by atoms with Crippen LogP contribution in [-0.4, -0.2) is 38.6 Å². The molecule has 0 aromatic carbocycles. The zero-order chi connectivity index (χ0) is 12.7. The monoisotopic (exact) mass is 266 g/mol. The summed E-state index contributed by atoms with van der Waals surface area (Å²) in [6, 6.07) is 0. The first-order chi connectivity index (χ1) is 9.38. The van der Waals surface area contributed by atoms with Crippen molar-refractivity contribution >= 4 is 0 Å². The van der Waals surface area contributed by atoms with Gasteiger partial charge in [-0.3, -0.25) is 0 Å². The van der Waals surface area contributed by atoms with E-state index in [1.165, 1.54) is 11.1 Å². The molecule has 0 N–H and O–H groups in total. The van der Waals surface area contributed by atoms with Crippen LogP contribution in [0.4, 0.5) is 0 Å². The van der Waals surface area contributed by atoms with Crippen LogP contribution >= 0.6 is 0 Å². The molecule has 0 amide bonds. The molecule has 5 heteroatoms. The molecule has 4 heterocycles. The second-order valence-corrected chi connectivity index (χ2v) is 5.40. The summed E-state index contributed by atoms with van der Waals surface area (Å²) >= 11 is 0. The predicted molar refractivity (Wildman–Crippen MR) is 65.0 cm³/mol. The maximum atomic E-state index is 5.86. The van der Waals surface area contributed by atoms with Crippen molar-refractivity contribution in [2.45, 2.75) is 37.9 Å². The summed E-state index contributed by atoms with van der Waals surface area (Å²) in [5.74, 6) is 1.28. The van der Waals surface area contributed by atoms with Crippen LogP contribution in [0.3, 0.4) is 0 Å². The molecule has 4 aliphatic heterocycles. The Morgan fingerprint density at radius 1 is 0.842 bits per heavy atom. The van der Waals surface area contributed by atoms with E-state index in [-0.39, 0.29) is 0 Å². The van der Waals surface area contributed by atoms with E-state index in [0.717, 1.165) is 38.9 Å². The average Bonchev–Trinajstić information content (AvgIpc) is 3.29. The Kier molecular flexibility index (Phi) is 2.89. The molecule has 2 atom stereocenters. The van der Waals surface area contributed by atoms with Gasteiger partial charge in [-0.2, -0.15) is 0 Å². The first-order valence-electron chi connectivity index (χ1n) is 6.99. The molecule has 0 aliphatic carbocycles. The molecule has 19 heavy (non-hydrogen) atoms. The normalized spacial score (nSPS) is 32.4. The lowest BCUT2D eigenvalue weighted by Gasteiger charge is -2.10. The Hall–Kier alpha value is -1.20. The molecule has 0 spiro atoms. The number of epoxide rings is 2. The van der Waals surface area contributed by atoms with Crippen LogP contribution in [0, 0.1) is 0 Å². The summed E-state index contributed by atoms with van der Waals surface area (Å²) < 4.78 is 27.6. The van der Waals surface area contributed by atoms with Gasteiger partial charge in [0, 0.05) is 36.8 Å². The summed E-state index contributed by atoms with van der Waals surface area (Å²) in [7, 11) is 0. The smallest absolute Gasteiger partial charge is 0.286 e.